The van der Waals surface area contributed by atoms with E-state index in [1.165, 1.54) is 12.5 Å². The van der Waals surface area contributed by atoms with E-state index in [9.17, 15) is 34.2 Å². The molecule has 36 heavy (non-hydrogen) atoms. The van der Waals surface area contributed by atoms with Gasteiger partial charge in [0.05, 0.1) is 18.5 Å². The van der Waals surface area contributed by atoms with Crippen molar-refractivity contribution in [3.05, 3.63) is 18.2 Å². The summed E-state index contributed by atoms with van der Waals surface area (Å²) in [6, 6.07) is -5.28. The standard InChI is InChI=1S/C21H35N7O8/c1-11(29)17(21(35)36)28-19(33)14(5-6-16(30)31)26-20(34)15(8-12-9-24-10-25-12)27-18(32)13(23)4-2-3-7-22/h9-11,13-15,17,29H,2-8,22-23H2,1H3,(H,24,25)(H,26,34)(H,27,32)(H,28,33)(H,30,31)(H,35,36). The van der Waals surface area contributed by atoms with Gasteiger partial charge in [0.25, 0.3) is 0 Å². The number of aliphatic carboxylic acids is 2. The van der Waals surface area contributed by atoms with E-state index in [1.54, 1.807) is 0 Å². The van der Waals surface area contributed by atoms with Gasteiger partial charge >= 0.3 is 11.9 Å². The lowest BCUT2D eigenvalue weighted by Gasteiger charge is -2.25. The second-order valence-electron chi connectivity index (χ2n) is 8.29. The Balaban J connectivity index is 3.04. The number of imidazole rings is 1. The zero-order valence-corrected chi connectivity index (χ0v) is 20.0. The fourth-order valence-corrected chi connectivity index (χ4v) is 3.20. The first-order chi connectivity index (χ1) is 17.0. The minimum Gasteiger partial charge on any atom is -0.481 e. The predicted molar refractivity (Wildman–Crippen MR) is 125 cm³/mol. The van der Waals surface area contributed by atoms with Gasteiger partial charge in [-0.05, 0) is 32.7 Å². The number of nitrogens with two attached hydrogens (primary N) is 2. The number of hydrogen-bond donors (Lipinski definition) is 9. The van der Waals surface area contributed by atoms with Crippen LogP contribution in [0, 0.1) is 0 Å². The van der Waals surface area contributed by atoms with Gasteiger partial charge in [-0.15, -0.1) is 0 Å². The number of carboxylic acids is 2. The minimum absolute atomic E-state index is 0.0498. The number of nitrogens with one attached hydrogen (secondary N) is 4. The summed E-state index contributed by atoms with van der Waals surface area (Å²) in [6.07, 6.45) is 2.01. The van der Waals surface area contributed by atoms with Crippen LogP contribution in [0.1, 0.15) is 44.7 Å². The van der Waals surface area contributed by atoms with E-state index in [1.807, 2.05) is 0 Å². The molecule has 0 aliphatic carbocycles. The van der Waals surface area contributed by atoms with Gasteiger partial charge in [-0.2, -0.15) is 0 Å². The molecule has 0 fully saturated rings. The SMILES string of the molecule is CC(O)C(NC(=O)C(CCC(=O)O)NC(=O)C(Cc1cnc[nH]1)NC(=O)C(N)CCCCN)C(=O)O. The van der Waals surface area contributed by atoms with Gasteiger partial charge in [0.2, 0.25) is 17.7 Å². The summed E-state index contributed by atoms with van der Waals surface area (Å²) in [5.74, 6) is -5.23. The quantitative estimate of drug-likeness (QED) is 0.0960. The molecule has 1 rings (SSSR count). The lowest BCUT2D eigenvalue weighted by Crippen LogP contribution is -2.58. The number of nitrogens with zero attached hydrogens (tertiary/aromatic N) is 1. The Hall–Kier alpha value is -3.56. The van der Waals surface area contributed by atoms with Crippen LogP contribution in [-0.4, -0.2) is 91.8 Å². The Morgan fingerprint density at radius 2 is 1.64 bits per heavy atom. The topological polar surface area (TPSA) is 263 Å². The number of aromatic nitrogens is 2. The van der Waals surface area contributed by atoms with Crippen molar-refractivity contribution in [2.45, 2.75) is 75.7 Å². The summed E-state index contributed by atoms with van der Waals surface area (Å²) in [5.41, 5.74) is 11.8. The Kier molecular flexibility index (Phi) is 13.1. The number of rotatable bonds is 17. The predicted octanol–water partition coefficient (Wildman–Crippen LogP) is -2.81. The van der Waals surface area contributed by atoms with Crippen LogP contribution in [0.5, 0.6) is 0 Å². The molecule has 0 spiro atoms. The number of unbranched alkanes of at least 4 members (excludes halogenated alkanes) is 1. The van der Waals surface area contributed by atoms with Crippen LogP contribution < -0.4 is 27.4 Å². The van der Waals surface area contributed by atoms with Crippen molar-refractivity contribution in [1.82, 2.24) is 25.9 Å². The Morgan fingerprint density at radius 1 is 1.00 bits per heavy atom. The molecule has 5 atom stereocenters. The normalized spacial score (nSPS) is 15.1. The van der Waals surface area contributed by atoms with Gasteiger partial charge in [-0.25, -0.2) is 9.78 Å². The molecule has 3 amide bonds. The number of carbonyl (C=O) groups excluding carboxylic acids is 3. The number of carbonyl (C=O) groups is 5. The van der Waals surface area contributed by atoms with E-state index in [0.29, 0.717) is 31.5 Å². The highest BCUT2D eigenvalue weighted by Crippen LogP contribution is 2.06. The number of amides is 3. The highest BCUT2D eigenvalue weighted by Gasteiger charge is 2.32. The highest BCUT2D eigenvalue weighted by molar-refractivity contribution is 5.94. The van der Waals surface area contributed by atoms with Crippen LogP contribution in [0.2, 0.25) is 0 Å². The zero-order chi connectivity index (χ0) is 27.3. The number of carboxylic acid groups (broad SMARTS) is 2. The molecule has 0 aromatic carbocycles. The van der Waals surface area contributed by atoms with Gasteiger partial charge in [0.1, 0.15) is 12.1 Å². The molecule has 202 valence electrons. The maximum atomic E-state index is 13.1. The number of H-pyrrole nitrogens is 1. The third-order valence-corrected chi connectivity index (χ3v) is 5.24. The Labute approximate surface area is 207 Å². The second-order valence-corrected chi connectivity index (χ2v) is 8.29. The van der Waals surface area contributed by atoms with Gasteiger partial charge in [-0.3, -0.25) is 19.2 Å². The van der Waals surface area contributed by atoms with Crippen LogP contribution in [0.3, 0.4) is 0 Å². The third-order valence-electron chi connectivity index (χ3n) is 5.24. The van der Waals surface area contributed by atoms with Gasteiger partial charge in [-0.1, -0.05) is 6.42 Å². The van der Waals surface area contributed by atoms with Crippen molar-refractivity contribution in [3.63, 3.8) is 0 Å². The molecule has 15 nitrogen and oxygen atoms in total. The second kappa shape index (κ2) is 15.4. The van der Waals surface area contributed by atoms with E-state index in [0.717, 1.165) is 6.92 Å². The monoisotopic (exact) mass is 513 g/mol. The maximum absolute atomic E-state index is 13.1. The molecule has 0 saturated carbocycles. The number of aliphatic hydroxyl groups is 1. The fourth-order valence-electron chi connectivity index (χ4n) is 3.20. The van der Waals surface area contributed by atoms with Crippen molar-refractivity contribution in [2.24, 2.45) is 11.5 Å². The van der Waals surface area contributed by atoms with Gasteiger partial charge < -0.3 is 47.7 Å². The van der Waals surface area contributed by atoms with E-state index in [4.69, 9.17) is 16.6 Å². The molecule has 5 unspecified atom stereocenters. The molecule has 1 heterocycles. The van der Waals surface area contributed by atoms with Crippen molar-refractivity contribution in [1.29, 1.82) is 0 Å². The van der Waals surface area contributed by atoms with E-state index < -0.39 is 66.4 Å². The van der Waals surface area contributed by atoms with Crippen LogP contribution in [0.15, 0.2) is 12.5 Å². The van der Waals surface area contributed by atoms with Crippen LogP contribution >= 0.6 is 0 Å². The molecule has 1 aromatic rings. The van der Waals surface area contributed by atoms with Crippen LogP contribution in [-0.2, 0) is 30.4 Å². The molecular weight excluding hydrogens is 478 g/mol. The van der Waals surface area contributed by atoms with E-state index in [-0.39, 0.29) is 12.8 Å². The Morgan fingerprint density at radius 3 is 2.17 bits per heavy atom. The number of aliphatic hydroxyl groups excluding tert-OH is 1. The average Bonchev–Trinajstić information content (AvgIpc) is 3.31. The Bertz CT molecular complexity index is 878. The molecule has 1 aromatic heterocycles. The smallest absolute Gasteiger partial charge is 0.328 e. The summed E-state index contributed by atoms with van der Waals surface area (Å²) >= 11 is 0. The van der Waals surface area contributed by atoms with Crippen LogP contribution in [0.4, 0.5) is 0 Å². The molecular formula is C21H35N7O8. The molecule has 0 bridgehead atoms. The molecule has 0 aliphatic rings. The first kappa shape index (κ1) is 30.5. The van der Waals surface area contributed by atoms with E-state index >= 15 is 0 Å². The molecule has 0 saturated heterocycles. The summed E-state index contributed by atoms with van der Waals surface area (Å²) < 4.78 is 0. The molecule has 15 heteroatoms. The fraction of sp³-hybridized carbons (Fsp3) is 0.619. The molecule has 0 aliphatic heterocycles. The molecule has 11 N–H and O–H groups in total. The lowest BCUT2D eigenvalue weighted by molar-refractivity contribution is -0.145. The summed E-state index contributed by atoms with van der Waals surface area (Å²) in [7, 11) is 0. The summed E-state index contributed by atoms with van der Waals surface area (Å²) in [4.78, 5) is 67.4. The average molecular weight is 514 g/mol. The largest absolute Gasteiger partial charge is 0.481 e. The summed E-state index contributed by atoms with van der Waals surface area (Å²) in [6.45, 7) is 1.59. The first-order valence-corrected chi connectivity index (χ1v) is 11.4. The zero-order valence-electron chi connectivity index (χ0n) is 20.0. The van der Waals surface area contributed by atoms with Crippen molar-refractivity contribution < 1.29 is 39.3 Å². The van der Waals surface area contributed by atoms with Gasteiger partial charge in [0.15, 0.2) is 6.04 Å². The van der Waals surface area contributed by atoms with Crippen molar-refractivity contribution in [3.8, 4) is 0 Å². The van der Waals surface area contributed by atoms with Crippen molar-refractivity contribution in [2.75, 3.05) is 6.54 Å². The number of hydrogen-bond acceptors (Lipinski definition) is 9. The van der Waals surface area contributed by atoms with Crippen molar-refractivity contribution >= 4 is 29.7 Å². The number of aromatic amines is 1. The minimum atomic E-state index is -1.69. The maximum Gasteiger partial charge on any atom is 0.328 e. The first-order valence-electron chi connectivity index (χ1n) is 11.4. The third kappa shape index (κ3) is 10.8. The van der Waals surface area contributed by atoms with Gasteiger partial charge in [0, 0.05) is 24.7 Å². The molecule has 0 radical (unpaired) electrons. The lowest BCUT2D eigenvalue weighted by atomic mass is 10.1. The van der Waals surface area contributed by atoms with Crippen LogP contribution in [0.25, 0.3) is 0 Å². The van der Waals surface area contributed by atoms with E-state index in [2.05, 4.69) is 25.9 Å². The highest BCUT2D eigenvalue weighted by atomic mass is 16.4. The summed E-state index contributed by atoms with van der Waals surface area (Å²) in [5, 5.41) is 34.8.